The highest BCUT2D eigenvalue weighted by Crippen LogP contribution is 2.27. The number of carbonyl (C=O) groups is 2. The minimum absolute atomic E-state index is 0.0242. The van der Waals surface area contributed by atoms with Gasteiger partial charge in [-0.2, -0.15) is 5.10 Å². The number of benzene rings is 2. The van der Waals surface area contributed by atoms with Crippen LogP contribution < -0.4 is 4.74 Å². The van der Waals surface area contributed by atoms with Gasteiger partial charge in [-0.25, -0.2) is 4.39 Å². The lowest BCUT2D eigenvalue weighted by atomic mass is 9.96. The van der Waals surface area contributed by atoms with Crippen LogP contribution in [0.25, 0.3) is 0 Å². The molecule has 1 atom stereocenters. The summed E-state index contributed by atoms with van der Waals surface area (Å²) in [6, 6.07) is 15.4. The molecule has 8 nitrogen and oxygen atoms in total. The second-order valence-corrected chi connectivity index (χ2v) is 9.41. The van der Waals surface area contributed by atoms with E-state index >= 15 is 0 Å². The molecule has 3 aromatic rings. The molecule has 0 aliphatic carbocycles. The molecule has 0 unspecified atom stereocenters. The third kappa shape index (κ3) is 6.95. The van der Waals surface area contributed by atoms with E-state index in [0.29, 0.717) is 24.4 Å². The van der Waals surface area contributed by atoms with Gasteiger partial charge in [-0.15, -0.1) is 0 Å². The van der Waals surface area contributed by atoms with Crippen molar-refractivity contribution >= 4 is 11.8 Å². The molecule has 196 valence electrons. The van der Waals surface area contributed by atoms with E-state index in [-0.39, 0.29) is 43.8 Å². The first-order valence-electron chi connectivity index (χ1n) is 12.5. The lowest BCUT2D eigenvalue weighted by Gasteiger charge is -2.42. The topological polar surface area (TPSA) is 76.9 Å². The lowest BCUT2D eigenvalue weighted by molar-refractivity contribution is -0.152. The summed E-state index contributed by atoms with van der Waals surface area (Å²) >= 11 is 0. The zero-order valence-corrected chi connectivity index (χ0v) is 21.3. The van der Waals surface area contributed by atoms with Crippen LogP contribution in [0, 0.1) is 5.82 Å². The predicted molar refractivity (Wildman–Crippen MR) is 137 cm³/mol. The summed E-state index contributed by atoms with van der Waals surface area (Å²) in [5, 5.41) is 4.27. The first kappa shape index (κ1) is 26.3. The fourth-order valence-corrected chi connectivity index (χ4v) is 4.37. The molecule has 2 heterocycles. The molecule has 0 saturated carbocycles. The number of aromatic nitrogens is 2. The number of halogens is 1. The van der Waals surface area contributed by atoms with E-state index in [1.54, 1.807) is 33.9 Å². The third-order valence-electron chi connectivity index (χ3n) is 6.35. The number of amides is 2. The number of ether oxygens (including phenoxy) is 2. The van der Waals surface area contributed by atoms with Gasteiger partial charge in [0.25, 0.3) is 5.91 Å². The van der Waals surface area contributed by atoms with Gasteiger partial charge in [-0.3, -0.25) is 14.3 Å². The van der Waals surface area contributed by atoms with E-state index in [2.05, 4.69) is 5.10 Å². The van der Waals surface area contributed by atoms with Crippen molar-refractivity contribution in [3.8, 4) is 5.75 Å². The van der Waals surface area contributed by atoms with Gasteiger partial charge < -0.3 is 19.3 Å². The summed E-state index contributed by atoms with van der Waals surface area (Å²) in [4.78, 5) is 30.0. The Morgan fingerprint density at radius 3 is 2.65 bits per heavy atom. The number of morpholine rings is 1. The number of carbonyl (C=O) groups excluding carboxylic acids is 2. The Balaban J connectivity index is 1.51. The molecule has 2 amide bonds. The van der Waals surface area contributed by atoms with E-state index in [0.717, 1.165) is 18.5 Å². The molecular formula is C28H33FN4O4. The fourth-order valence-electron chi connectivity index (χ4n) is 4.37. The van der Waals surface area contributed by atoms with Crippen molar-refractivity contribution in [1.82, 2.24) is 19.6 Å². The molecule has 0 bridgehead atoms. The van der Waals surface area contributed by atoms with Crippen molar-refractivity contribution in [2.75, 3.05) is 33.4 Å². The van der Waals surface area contributed by atoms with Crippen molar-refractivity contribution < 1.29 is 23.5 Å². The monoisotopic (exact) mass is 508 g/mol. The maximum Gasteiger partial charge on any atom is 0.257 e. The van der Waals surface area contributed by atoms with Crippen molar-refractivity contribution in [1.29, 1.82) is 0 Å². The molecule has 0 radical (unpaired) electrons. The number of aryl methyl sites for hydroxylation is 1. The van der Waals surface area contributed by atoms with Crippen molar-refractivity contribution in [2.45, 2.75) is 38.5 Å². The Kier molecular flexibility index (Phi) is 8.55. The molecule has 9 heteroatoms. The summed E-state index contributed by atoms with van der Waals surface area (Å²) in [6.45, 7) is 4.09. The Bertz CT molecular complexity index is 1180. The normalized spacial score (nSPS) is 17.4. The van der Waals surface area contributed by atoms with Gasteiger partial charge in [0, 0.05) is 32.9 Å². The van der Waals surface area contributed by atoms with Crippen LogP contribution in [0.1, 0.15) is 35.7 Å². The second-order valence-electron chi connectivity index (χ2n) is 9.41. The molecule has 0 spiro atoms. The maximum atomic E-state index is 13.4. The second kappa shape index (κ2) is 12.0. The van der Waals surface area contributed by atoms with Crippen molar-refractivity contribution in [3.05, 3.63) is 83.9 Å². The minimum Gasteiger partial charge on any atom is -0.490 e. The zero-order chi connectivity index (χ0) is 26.3. The first-order chi connectivity index (χ1) is 17.9. The molecule has 0 N–H and O–H groups in total. The zero-order valence-electron chi connectivity index (χ0n) is 21.3. The average molecular weight is 509 g/mol. The third-order valence-corrected chi connectivity index (χ3v) is 6.35. The smallest absolute Gasteiger partial charge is 0.257 e. The summed E-state index contributed by atoms with van der Waals surface area (Å²) < 4.78 is 27.3. The molecular weight excluding hydrogens is 475 g/mol. The minimum atomic E-state index is -1.07. The summed E-state index contributed by atoms with van der Waals surface area (Å²) in [5.74, 6) is -0.202. The Labute approximate surface area is 216 Å². The van der Waals surface area contributed by atoms with E-state index in [9.17, 15) is 14.0 Å². The van der Waals surface area contributed by atoms with Gasteiger partial charge in [-0.05, 0) is 36.2 Å². The predicted octanol–water partition coefficient (Wildman–Crippen LogP) is 3.77. The number of rotatable bonds is 10. The number of hydrogen-bond donors (Lipinski definition) is 0. The van der Waals surface area contributed by atoms with Crippen molar-refractivity contribution in [3.63, 3.8) is 0 Å². The Morgan fingerprint density at radius 1 is 1.16 bits per heavy atom. The van der Waals surface area contributed by atoms with E-state index < -0.39 is 5.60 Å². The van der Waals surface area contributed by atoms with E-state index in [1.165, 1.54) is 24.3 Å². The molecule has 4 rings (SSSR count). The van der Waals surface area contributed by atoms with E-state index in [1.807, 2.05) is 37.3 Å². The fraction of sp³-hybridized carbons (Fsp3) is 0.393. The van der Waals surface area contributed by atoms with E-state index in [4.69, 9.17) is 9.47 Å². The van der Waals surface area contributed by atoms with Crippen LogP contribution in [0.15, 0.2) is 67.0 Å². The van der Waals surface area contributed by atoms with Crippen LogP contribution in [0.4, 0.5) is 4.39 Å². The molecule has 1 saturated heterocycles. The molecule has 1 fully saturated rings. The lowest BCUT2D eigenvalue weighted by Crippen LogP contribution is -2.58. The molecule has 1 aliphatic heterocycles. The summed E-state index contributed by atoms with van der Waals surface area (Å²) in [6.07, 6.45) is 4.26. The highest BCUT2D eigenvalue weighted by Gasteiger charge is 2.42. The highest BCUT2D eigenvalue weighted by atomic mass is 19.1. The quantitative estimate of drug-likeness (QED) is 0.417. The van der Waals surface area contributed by atoms with Gasteiger partial charge in [0.2, 0.25) is 5.91 Å². The van der Waals surface area contributed by atoms with Crippen LogP contribution >= 0.6 is 0 Å². The van der Waals surface area contributed by atoms with Gasteiger partial charge in [-0.1, -0.05) is 37.3 Å². The molecule has 1 aliphatic rings. The van der Waals surface area contributed by atoms with Gasteiger partial charge in [0.15, 0.2) is 0 Å². The Hall–Kier alpha value is -3.72. The first-order valence-corrected chi connectivity index (χ1v) is 12.5. The number of nitrogens with zero attached hydrogens (tertiary/aromatic N) is 4. The largest absolute Gasteiger partial charge is 0.490 e. The molecule has 1 aromatic heterocycles. The summed E-state index contributed by atoms with van der Waals surface area (Å²) in [7, 11) is 1.75. The van der Waals surface area contributed by atoms with Crippen LogP contribution in [-0.2, 0) is 22.6 Å². The SMILES string of the molecule is CCCn1cc(C(=O)N2CCO[C@@](COc3ccc(F)cc3)(CC(=O)N(C)Cc3ccccc3)C2)cn1. The molecule has 37 heavy (non-hydrogen) atoms. The van der Waals surface area contributed by atoms with Gasteiger partial charge in [0.1, 0.15) is 23.8 Å². The van der Waals surface area contributed by atoms with Crippen LogP contribution in [0.3, 0.4) is 0 Å². The maximum absolute atomic E-state index is 13.4. The number of hydrogen-bond acceptors (Lipinski definition) is 5. The standard InChI is InChI=1S/C28H33FN4O4/c1-3-13-33-19-23(17-30-33)27(35)32-14-15-37-28(20-32,21-36-25-11-9-24(29)10-12-25)16-26(34)31(2)18-22-7-5-4-6-8-22/h4-12,17,19H,3,13-16,18,20-21H2,1-2H3/t28-/m0/s1. The van der Waals surface area contributed by atoms with Gasteiger partial charge in [0.05, 0.1) is 31.3 Å². The van der Waals surface area contributed by atoms with Crippen LogP contribution in [-0.4, -0.2) is 70.3 Å². The Morgan fingerprint density at radius 2 is 1.92 bits per heavy atom. The van der Waals surface area contributed by atoms with Crippen LogP contribution in [0.5, 0.6) is 5.75 Å². The van der Waals surface area contributed by atoms with Gasteiger partial charge >= 0.3 is 0 Å². The summed E-state index contributed by atoms with van der Waals surface area (Å²) in [5.41, 5.74) is 0.445. The average Bonchev–Trinajstić information content (AvgIpc) is 3.37. The van der Waals surface area contributed by atoms with Crippen LogP contribution in [0.2, 0.25) is 0 Å². The highest BCUT2D eigenvalue weighted by molar-refractivity contribution is 5.94. The molecule has 2 aromatic carbocycles. The van der Waals surface area contributed by atoms with Crippen molar-refractivity contribution in [2.24, 2.45) is 0 Å².